The topological polar surface area (TPSA) is 73.2 Å². The molecule has 1 aromatic carbocycles. The Morgan fingerprint density at radius 1 is 1.20 bits per heavy atom. The third-order valence-electron chi connectivity index (χ3n) is 3.24. The van der Waals surface area contributed by atoms with Gasteiger partial charge in [0.15, 0.2) is 0 Å². The van der Waals surface area contributed by atoms with Crippen molar-refractivity contribution in [3.05, 3.63) is 28.8 Å². The van der Waals surface area contributed by atoms with Gasteiger partial charge in [0, 0.05) is 13.1 Å². The van der Waals surface area contributed by atoms with Crippen LogP contribution in [0.2, 0.25) is 5.02 Å². The number of halogens is 1. The second kappa shape index (κ2) is 6.44. The smallest absolute Gasteiger partial charge is 0.269 e. The van der Waals surface area contributed by atoms with Gasteiger partial charge in [0.2, 0.25) is 0 Å². The summed E-state index contributed by atoms with van der Waals surface area (Å²) in [5, 5.41) is 8.99. The lowest BCUT2D eigenvalue weighted by atomic mass is 10.2. The van der Waals surface area contributed by atoms with Crippen LogP contribution in [-0.2, 0) is 10.2 Å². The summed E-state index contributed by atoms with van der Waals surface area (Å²) in [6.07, 6.45) is 3.87. The molecule has 1 fully saturated rings. The van der Waals surface area contributed by atoms with Crippen LogP contribution in [0.3, 0.4) is 0 Å². The molecule has 1 aliphatic heterocycles. The molecule has 2 rings (SSSR count). The molecule has 20 heavy (non-hydrogen) atoms. The van der Waals surface area contributed by atoms with Gasteiger partial charge in [-0.05, 0) is 31.0 Å². The average molecular weight is 314 g/mol. The van der Waals surface area contributed by atoms with E-state index in [1.807, 2.05) is 6.07 Å². The number of nitriles is 1. The Morgan fingerprint density at radius 2 is 1.85 bits per heavy atom. The highest BCUT2D eigenvalue weighted by molar-refractivity contribution is 7.90. The number of rotatable bonds is 3. The SMILES string of the molecule is N#Cc1ccc(NS(=O)(=O)N2CCCCCC2)c(Cl)c1. The van der Waals surface area contributed by atoms with E-state index >= 15 is 0 Å². The molecule has 7 heteroatoms. The van der Waals surface area contributed by atoms with E-state index < -0.39 is 10.2 Å². The fourth-order valence-corrected chi connectivity index (χ4v) is 3.76. The van der Waals surface area contributed by atoms with Gasteiger partial charge < -0.3 is 0 Å². The van der Waals surface area contributed by atoms with E-state index in [1.165, 1.54) is 22.5 Å². The summed E-state index contributed by atoms with van der Waals surface area (Å²) in [6.45, 7) is 1.06. The molecule has 0 bridgehead atoms. The second-order valence-electron chi connectivity index (χ2n) is 4.73. The zero-order chi connectivity index (χ0) is 14.6. The molecule has 0 aromatic heterocycles. The average Bonchev–Trinajstić information content (AvgIpc) is 2.70. The van der Waals surface area contributed by atoms with Crippen molar-refractivity contribution in [2.45, 2.75) is 25.7 Å². The molecule has 1 saturated heterocycles. The molecule has 5 nitrogen and oxygen atoms in total. The summed E-state index contributed by atoms with van der Waals surface area (Å²) in [5.74, 6) is 0. The number of benzene rings is 1. The molecule has 1 aromatic rings. The Labute approximate surface area is 124 Å². The third kappa shape index (κ3) is 3.63. The zero-order valence-electron chi connectivity index (χ0n) is 11.0. The Balaban J connectivity index is 2.17. The van der Waals surface area contributed by atoms with Crippen LogP contribution in [-0.4, -0.2) is 25.8 Å². The molecule has 0 radical (unpaired) electrons. The summed E-state index contributed by atoms with van der Waals surface area (Å²) in [6, 6.07) is 6.45. The van der Waals surface area contributed by atoms with Crippen LogP contribution in [0.15, 0.2) is 18.2 Å². The molecular weight excluding hydrogens is 298 g/mol. The minimum Gasteiger partial charge on any atom is -0.269 e. The Morgan fingerprint density at radius 3 is 2.40 bits per heavy atom. The maximum atomic E-state index is 12.3. The Bertz CT molecular complexity index is 617. The van der Waals surface area contributed by atoms with E-state index in [1.54, 1.807) is 0 Å². The van der Waals surface area contributed by atoms with Crippen molar-refractivity contribution in [3.63, 3.8) is 0 Å². The van der Waals surface area contributed by atoms with Gasteiger partial charge in [0.25, 0.3) is 0 Å². The van der Waals surface area contributed by atoms with E-state index in [9.17, 15) is 8.42 Å². The van der Waals surface area contributed by atoms with Gasteiger partial charge in [-0.2, -0.15) is 18.0 Å². The van der Waals surface area contributed by atoms with Crippen LogP contribution >= 0.6 is 11.6 Å². The minimum atomic E-state index is -3.59. The molecule has 1 aliphatic rings. The van der Waals surface area contributed by atoms with Crippen molar-refractivity contribution in [3.8, 4) is 6.07 Å². The Kier molecular flexibility index (Phi) is 4.86. The van der Waals surface area contributed by atoms with Gasteiger partial charge in [-0.1, -0.05) is 24.4 Å². The van der Waals surface area contributed by atoms with E-state index in [0.29, 0.717) is 24.3 Å². The summed E-state index contributed by atoms with van der Waals surface area (Å²) in [5.41, 5.74) is 0.697. The van der Waals surface area contributed by atoms with Crippen LogP contribution in [0.4, 0.5) is 5.69 Å². The van der Waals surface area contributed by atoms with E-state index in [-0.39, 0.29) is 5.02 Å². The number of anilines is 1. The van der Waals surface area contributed by atoms with Crippen molar-refractivity contribution >= 4 is 27.5 Å². The molecule has 0 spiro atoms. The standard InChI is InChI=1S/C13H16ClN3O2S/c14-12-9-11(10-15)5-6-13(12)16-20(18,19)17-7-3-1-2-4-8-17/h5-6,9,16H,1-4,7-8H2. The van der Waals surface area contributed by atoms with Crippen molar-refractivity contribution in [2.24, 2.45) is 0 Å². The lowest BCUT2D eigenvalue weighted by molar-refractivity contribution is 0.427. The third-order valence-corrected chi connectivity index (χ3v) is 5.08. The van der Waals surface area contributed by atoms with Crippen molar-refractivity contribution in [2.75, 3.05) is 17.8 Å². The summed E-state index contributed by atoms with van der Waals surface area (Å²) in [4.78, 5) is 0. The molecule has 1 heterocycles. The molecule has 0 unspecified atom stereocenters. The lowest BCUT2D eigenvalue weighted by Crippen LogP contribution is -2.36. The van der Waals surface area contributed by atoms with E-state index in [0.717, 1.165) is 25.7 Å². The van der Waals surface area contributed by atoms with E-state index in [2.05, 4.69) is 4.72 Å². The molecular formula is C13H16ClN3O2S. The number of hydrogen-bond acceptors (Lipinski definition) is 3. The van der Waals surface area contributed by atoms with Crippen LogP contribution in [0.25, 0.3) is 0 Å². The summed E-state index contributed by atoms with van der Waals surface area (Å²) < 4.78 is 28.6. The van der Waals surface area contributed by atoms with Crippen molar-refractivity contribution in [1.29, 1.82) is 5.26 Å². The highest BCUT2D eigenvalue weighted by Crippen LogP contribution is 2.25. The molecule has 0 saturated carbocycles. The molecule has 0 amide bonds. The van der Waals surface area contributed by atoms with Gasteiger partial charge >= 0.3 is 10.2 Å². The van der Waals surface area contributed by atoms with Gasteiger partial charge in [-0.25, -0.2) is 0 Å². The van der Waals surface area contributed by atoms with Gasteiger partial charge in [0.05, 0.1) is 22.3 Å². The monoisotopic (exact) mass is 313 g/mol. The molecule has 1 N–H and O–H groups in total. The molecule has 0 atom stereocenters. The van der Waals surface area contributed by atoms with Crippen LogP contribution in [0.5, 0.6) is 0 Å². The predicted octanol–water partition coefficient (Wildman–Crippen LogP) is 2.74. The fraction of sp³-hybridized carbons (Fsp3) is 0.462. The van der Waals surface area contributed by atoms with E-state index in [4.69, 9.17) is 16.9 Å². The number of nitrogens with zero attached hydrogens (tertiary/aromatic N) is 2. The Hall–Kier alpha value is -1.29. The summed E-state index contributed by atoms with van der Waals surface area (Å²) in [7, 11) is -3.59. The fourth-order valence-electron chi connectivity index (χ4n) is 2.15. The van der Waals surface area contributed by atoms with Gasteiger partial charge in [-0.15, -0.1) is 0 Å². The van der Waals surface area contributed by atoms with Crippen molar-refractivity contribution in [1.82, 2.24) is 4.31 Å². The van der Waals surface area contributed by atoms with Crippen LogP contribution < -0.4 is 4.72 Å². The predicted molar refractivity (Wildman–Crippen MR) is 78.8 cm³/mol. The number of nitrogens with one attached hydrogen (secondary N) is 1. The first-order valence-electron chi connectivity index (χ1n) is 6.50. The second-order valence-corrected chi connectivity index (χ2v) is 6.80. The quantitative estimate of drug-likeness (QED) is 0.932. The maximum Gasteiger partial charge on any atom is 0.301 e. The zero-order valence-corrected chi connectivity index (χ0v) is 12.5. The molecule has 108 valence electrons. The highest BCUT2D eigenvalue weighted by atomic mass is 35.5. The van der Waals surface area contributed by atoms with Crippen LogP contribution in [0.1, 0.15) is 31.2 Å². The van der Waals surface area contributed by atoms with Gasteiger partial charge in [-0.3, -0.25) is 4.72 Å². The lowest BCUT2D eigenvalue weighted by Gasteiger charge is -2.21. The first-order chi connectivity index (χ1) is 9.53. The first kappa shape index (κ1) is 15.1. The maximum absolute atomic E-state index is 12.3. The largest absolute Gasteiger partial charge is 0.301 e. The summed E-state index contributed by atoms with van der Waals surface area (Å²) >= 11 is 5.99. The van der Waals surface area contributed by atoms with Gasteiger partial charge in [0.1, 0.15) is 0 Å². The normalized spacial score (nSPS) is 17.2. The molecule has 0 aliphatic carbocycles. The highest BCUT2D eigenvalue weighted by Gasteiger charge is 2.23. The first-order valence-corrected chi connectivity index (χ1v) is 8.32. The van der Waals surface area contributed by atoms with Crippen LogP contribution in [0, 0.1) is 11.3 Å². The van der Waals surface area contributed by atoms with Crippen molar-refractivity contribution < 1.29 is 8.42 Å². The minimum absolute atomic E-state index is 0.224. The number of hydrogen-bond donors (Lipinski definition) is 1.